The zero-order chi connectivity index (χ0) is 11.7. The summed E-state index contributed by atoms with van der Waals surface area (Å²) in [7, 11) is 4.06. The highest BCUT2D eigenvalue weighted by atomic mass is 35.5. The van der Waals surface area contributed by atoms with Gasteiger partial charge < -0.3 is 9.88 Å². The Kier molecular flexibility index (Phi) is 3.22. The van der Waals surface area contributed by atoms with E-state index in [0.29, 0.717) is 6.04 Å². The van der Waals surface area contributed by atoms with Gasteiger partial charge in [0.15, 0.2) is 0 Å². The summed E-state index contributed by atoms with van der Waals surface area (Å²) in [6.07, 6.45) is 1.01. The molecule has 1 aromatic heterocycles. The summed E-state index contributed by atoms with van der Waals surface area (Å²) in [4.78, 5) is 0. The Morgan fingerprint density at radius 1 is 1.44 bits per heavy atom. The summed E-state index contributed by atoms with van der Waals surface area (Å²) in [6.45, 7) is 2.18. The van der Waals surface area contributed by atoms with E-state index in [1.165, 1.54) is 11.1 Å². The largest absolute Gasteiger partial charge is 0.346 e. The number of rotatable bonds is 3. The van der Waals surface area contributed by atoms with E-state index in [1.54, 1.807) is 0 Å². The van der Waals surface area contributed by atoms with Gasteiger partial charge in [0.05, 0.1) is 10.5 Å². The standard InChI is InChI=1S/C13H17ClN2/c1-9(15-2)7-11-8-10-5-4-6-12(14)13(10)16(11)3/h4-6,8-9,15H,7H2,1-3H3. The Balaban J connectivity index is 2.48. The summed E-state index contributed by atoms with van der Waals surface area (Å²) in [6, 6.07) is 8.73. The molecule has 0 fully saturated rings. The summed E-state index contributed by atoms with van der Waals surface area (Å²) < 4.78 is 2.19. The second kappa shape index (κ2) is 4.48. The van der Waals surface area contributed by atoms with Crippen molar-refractivity contribution in [2.24, 2.45) is 7.05 Å². The lowest BCUT2D eigenvalue weighted by molar-refractivity contribution is 0.591. The molecule has 3 heteroatoms. The van der Waals surface area contributed by atoms with Gasteiger partial charge in [0, 0.05) is 30.6 Å². The van der Waals surface area contributed by atoms with E-state index in [4.69, 9.17) is 11.6 Å². The second-order valence-corrected chi connectivity index (χ2v) is 4.67. The van der Waals surface area contributed by atoms with Crippen molar-refractivity contribution >= 4 is 22.5 Å². The minimum Gasteiger partial charge on any atom is -0.346 e. The maximum Gasteiger partial charge on any atom is 0.0669 e. The number of benzene rings is 1. The minimum absolute atomic E-state index is 0.474. The van der Waals surface area contributed by atoms with E-state index in [0.717, 1.165) is 17.0 Å². The second-order valence-electron chi connectivity index (χ2n) is 4.27. The van der Waals surface area contributed by atoms with E-state index < -0.39 is 0 Å². The fourth-order valence-corrected chi connectivity index (χ4v) is 2.34. The van der Waals surface area contributed by atoms with E-state index in [9.17, 15) is 0 Å². The predicted molar refractivity (Wildman–Crippen MR) is 70.2 cm³/mol. The topological polar surface area (TPSA) is 17.0 Å². The molecule has 1 N–H and O–H groups in total. The van der Waals surface area contributed by atoms with Crippen LogP contribution in [0.15, 0.2) is 24.3 Å². The average Bonchev–Trinajstić information content (AvgIpc) is 2.57. The van der Waals surface area contributed by atoms with Crippen molar-refractivity contribution in [2.75, 3.05) is 7.05 Å². The lowest BCUT2D eigenvalue weighted by Gasteiger charge is -2.11. The Bertz CT molecular complexity index is 502. The first-order valence-corrected chi connectivity index (χ1v) is 5.91. The molecule has 0 bridgehead atoms. The molecule has 16 heavy (non-hydrogen) atoms. The van der Waals surface area contributed by atoms with Crippen LogP contribution in [0.4, 0.5) is 0 Å². The summed E-state index contributed by atoms with van der Waals surface area (Å²) >= 11 is 6.21. The zero-order valence-electron chi connectivity index (χ0n) is 9.92. The molecule has 0 amide bonds. The Labute approximate surface area is 101 Å². The number of nitrogens with one attached hydrogen (secondary N) is 1. The van der Waals surface area contributed by atoms with Crippen molar-refractivity contribution in [3.8, 4) is 0 Å². The van der Waals surface area contributed by atoms with E-state index >= 15 is 0 Å². The first-order valence-electron chi connectivity index (χ1n) is 5.53. The molecule has 1 aromatic carbocycles. The molecule has 0 saturated heterocycles. The van der Waals surface area contributed by atoms with Crippen LogP contribution >= 0.6 is 11.6 Å². The van der Waals surface area contributed by atoms with Crippen molar-refractivity contribution in [1.82, 2.24) is 9.88 Å². The number of likely N-dealkylation sites (N-methyl/N-ethyl adjacent to an activating group) is 1. The summed E-state index contributed by atoms with van der Waals surface area (Å²) in [5.41, 5.74) is 2.44. The van der Waals surface area contributed by atoms with Crippen molar-refractivity contribution in [2.45, 2.75) is 19.4 Å². The molecule has 0 aliphatic rings. The molecule has 86 valence electrons. The van der Waals surface area contributed by atoms with Crippen molar-refractivity contribution in [3.05, 3.63) is 35.0 Å². The molecule has 2 rings (SSSR count). The third-order valence-electron chi connectivity index (χ3n) is 3.11. The third-order valence-corrected chi connectivity index (χ3v) is 3.42. The summed E-state index contributed by atoms with van der Waals surface area (Å²) in [5.74, 6) is 0. The number of para-hydroxylation sites is 1. The molecule has 0 aliphatic heterocycles. The highest BCUT2D eigenvalue weighted by Gasteiger charge is 2.10. The highest BCUT2D eigenvalue weighted by Crippen LogP contribution is 2.26. The Morgan fingerprint density at radius 3 is 2.81 bits per heavy atom. The van der Waals surface area contributed by atoms with E-state index in [-0.39, 0.29) is 0 Å². The molecular weight excluding hydrogens is 220 g/mol. The van der Waals surface area contributed by atoms with Gasteiger partial charge in [0.2, 0.25) is 0 Å². The fraction of sp³-hybridized carbons (Fsp3) is 0.385. The smallest absolute Gasteiger partial charge is 0.0669 e. The van der Waals surface area contributed by atoms with Gasteiger partial charge in [-0.2, -0.15) is 0 Å². The molecular formula is C13H17ClN2. The zero-order valence-corrected chi connectivity index (χ0v) is 10.7. The molecule has 1 heterocycles. The Morgan fingerprint density at radius 2 is 2.19 bits per heavy atom. The number of hydrogen-bond donors (Lipinski definition) is 1. The molecule has 0 saturated carbocycles. The SMILES string of the molecule is CNC(C)Cc1cc2cccc(Cl)c2n1C. The maximum atomic E-state index is 6.21. The molecule has 2 aromatic rings. The molecule has 0 spiro atoms. The number of aryl methyl sites for hydroxylation is 1. The number of hydrogen-bond acceptors (Lipinski definition) is 1. The first kappa shape index (κ1) is 11.5. The Hall–Kier alpha value is -0.990. The van der Waals surface area contributed by atoms with Crippen LogP contribution in [0.3, 0.4) is 0 Å². The van der Waals surface area contributed by atoms with Gasteiger partial charge in [-0.15, -0.1) is 0 Å². The van der Waals surface area contributed by atoms with Crippen molar-refractivity contribution in [3.63, 3.8) is 0 Å². The van der Waals surface area contributed by atoms with Gasteiger partial charge >= 0.3 is 0 Å². The lowest BCUT2D eigenvalue weighted by atomic mass is 10.2. The number of fused-ring (bicyclic) bond motifs is 1. The van der Waals surface area contributed by atoms with Gasteiger partial charge in [-0.1, -0.05) is 23.7 Å². The van der Waals surface area contributed by atoms with Crippen LogP contribution in [0.5, 0.6) is 0 Å². The lowest BCUT2D eigenvalue weighted by Crippen LogP contribution is -2.24. The average molecular weight is 237 g/mol. The van der Waals surface area contributed by atoms with Crippen LogP contribution in [-0.2, 0) is 13.5 Å². The molecule has 0 radical (unpaired) electrons. The molecule has 2 nitrogen and oxygen atoms in total. The van der Waals surface area contributed by atoms with Crippen LogP contribution in [0, 0.1) is 0 Å². The predicted octanol–water partition coefficient (Wildman–Crippen LogP) is 2.98. The van der Waals surface area contributed by atoms with Crippen LogP contribution < -0.4 is 5.32 Å². The molecule has 1 atom stereocenters. The van der Waals surface area contributed by atoms with Crippen LogP contribution in [0.1, 0.15) is 12.6 Å². The highest BCUT2D eigenvalue weighted by molar-refractivity contribution is 6.35. The van der Waals surface area contributed by atoms with Crippen LogP contribution in [0.25, 0.3) is 10.9 Å². The normalized spacial score (nSPS) is 13.2. The van der Waals surface area contributed by atoms with Crippen LogP contribution in [-0.4, -0.2) is 17.7 Å². The van der Waals surface area contributed by atoms with Gasteiger partial charge in [-0.25, -0.2) is 0 Å². The van der Waals surface area contributed by atoms with E-state index in [2.05, 4.69) is 36.0 Å². The number of nitrogens with zero attached hydrogens (tertiary/aromatic N) is 1. The molecule has 1 unspecified atom stereocenters. The van der Waals surface area contributed by atoms with Crippen LogP contribution in [0.2, 0.25) is 5.02 Å². The fourth-order valence-electron chi connectivity index (χ4n) is 2.03. The van der Waals surface area contributed by atoms with E-state index in [1.807, 2.05) is 19.2 Å². The maximum absolute atomic E-state index is 6.21. The number of halogens is 1. The minimum atomic E-state index is 0.474. The third kappa shape index (κ3) is 1.95. The van der Waals surface area contributed by atoms with Gasteiger partial charge in [0.1, 0.15) is 0 Å². The summed E-state index contributed by atoms with van der Waals surface area (Å²) in [5, 5.41) is 5.29. The van der Waals surface area contributed by atoms with Gasteiger partial charge in [-0.05, 0) is 26.1 Å². The monoisotopic (exact) mass is 236 g/mol. The van der Waals surface area contributed by atoms with Gasteiger partial charge in [0.25, 0.3) is 0 Å². The molecule has 0 aliphatic carbocycles. The van der Waals surface area contributed by atoms with Crippen molar-refractivity contribution < 1.29 is 0 Å². The number of aromatic nitrogens is 1. The quantitative estimate of drug-likeness (QED) is 0.867. The van der Waals surface area contributed by atoms with Crippen molar-refractivity contribution in [1.29, 1.82) is 0 Å². The van der Waals surface area contributed by atoms with Gasteiger partial charge in [-0.3, -0.25) is 0 Å². The first-order chi connectivity index (χ1) is 7.63.